The largest absolute Gasteiger partial charge is 0.381 e. The van der Waals surface area contributed by atoms with E-state index < -0.39 is 27.8 Å². The molecule has 0 bridgehead atoms. The highest BCUT2D eigenvalue weighted by Crippen LogP contribution is 2.22. The van der Waals surface area contributed by atoms with E-state index in [0.29, 0.717) is 0 Å². The zero-order chi connectivity index (χ0) is 15.5. The molecule has 0 fully saturated rings. The third kappa shape index (κ3) is 4.19. The average molecular weight is 321 g/mol. The summed E-state index contributed by atoms with van der Waals surface area (Å²) in [5, 5.41) is 11.4. The summed E-state index contributed by atoms with van der Waals surface area (Å²) < 4.78 is 22.9. The van der Waals surface area contributed by atoms with Crippen LogP contribution in [0.5, 0.6) is 0 Å². The van der Waals surface area contributed by atoms with Crippen LogP contribution >= 0.6 is 11.6 Å². The SMILES string of the molecule is CS(=O)(=O)c1cc(C(=O)NCC(O)C(N)=O)ccc1Cl. The highest BCUT2D eigenvalue weighted by atomic mass is 35.5. The number of primary amides is 1. The molecule has 1 aromatic carbocycles. The number of nitrogens with two attached hydrogens (primary N) is 1. The fraction of sp³-hybridized carbons (Fsp3) is 0.273. The normalized spacial score (nSPS) is 12.8. The molecule has 0 saturated carbocycles. The fourth-order valence-corrected chi connectivity index (χ4v) is 2.62. The maximum atomic E-state index is 11.7. The molecule has 1 rings (SSSR count). The summed E-state index contributed by atoms with van der Waals surface area (Å²) in [5.74, 6) is -1.63. The van der Waals surface area contributed by atoms with Crippen molar-refractivity contribution in [3.63, 3.8) is 0 Å². The van der Waals surface area contributed by atoms with Gasteiger partial charge in [0.25, 0.3) is 5.91 Å². The van der Waals surface area contributed by atoms with E-state index in [1.54, 1.807) is 0 Å². The standard InChI is InChI=1S/C11H13ClN2O5S/c1-20(18,19)9-4-6(2-3-7(9)12)11(17)14-5-8(15)10(13)16/h2-4,8,15H,5H2,1H3,(H2,13,16)(H,14,17). The molecule has 4 N–H and O–H groups in total. The number of hydrogen-bond donors (Lipinski definition) is 3. The van der Waals surface area contributed by atoms with Crippen LogP contribution in [-0.2, 0) is 14.6 Å². The lowest BCUT2D eigenvalue weighted by atomic mass is 10.2. The van der Waals surface area contributed by atoms with Crippen molar-refractivity contribution in [2.24, 2.45) is 5.73 Å². The molecule has 0 aromatic heterocycles. The number of nitrogens with one attached hydrogen (secondary N) is 1. The number of aliphatic hydroxyl groups excluding tert-OH is 1. The summed E-state index contributed by atoms with van der Waals surface area (Å²) in [6, 6.07) is 3.71. The van der Waals surface area contributed by atoms with Gasteiger partial charge in [-0.25, -0.2) is 8.42 Å². The number of sulfone groups is 1. The van der Waals surface area contributed by atoms with Crippen molar-refractivity contribution in [1.29, 1.82) is 0 Å². The molecule has 0 aliphatic heterocycles. The van der Waals surface area contributed by atoms with Crippen LogP contribution in [0.3, 0.4) is 0 Å². The summed E-state index contributed by atoms with van der Waals surface area (Å²) in [6.07, 6.45) is -0.548. The number of amides is 2. The maximum Gasteiger partial charge on any atom is 0.251 e. The molecule has 9 heteroatoms. The van der Waals surface area contributed by atoms with Crippen LogP contribution < -0.4 is 11.1 Å². The second-order valence-corrected chi connectivity index (χ2v) is 6.44. The highest BCUT2D eigenvalue weighted by molar-refractivity contribution is 7.90. The van der Waals surface area contributed by atoms with Crippen molar-refractivity contribution in [3.05, 3.63) is 28.8 Å². The Kier molecular flexibility index (Phi) is 5.09. The van der Waals surface area contributed by atoms with E-state index in [2.05, 4.69) is 5.32 Å². The van der Waals surface area contributed by atoms with E-state index in [1.807, 2.05) is 0 Å². The third-order valence-corrected chi connectivity index (χ3v) is 3.96. The molecule has 1 unspecified atom stereocenters. The van der Waals surface area contributed by atoms with Crippen LogP contribution in [0.25, 0.3) is 0 Å². The Balaban J connectivity index is 2.93. The van der Waals surface area contributed by atoms with Gasteiger partial charge >= 0.3 is 0 Å². The Hall–Kier alpha value is -1.64. The molecular formula is C11H13ClN2O5S. The van der Waals surface area contributed by atoms with Gasteiger partial charge in [-0.2, -0.15) is 0 Å². The van der Waals surface area contributed by atoms with Crippen molar-refractivity contribution in [2.45, 2.75) is 11.0 Å². The lowest BCUT2D eigenvalue weighted by Crippen LogP contribution is -2.40. The summed E-state index contributed by atoms with van der Waals surface area (Å²) in [6.45, 7) is -0.370. The van der Waals surface area contributed by atoms with Crippen molar-refractivity contribution in [2.75, 3.05) is 12.8 Å². The summed E-state index contributed by atoms with van der Waals surface area (Å²) in [5.41, 5.74) is 4.86. The van der Waals surface area contributed by atoms with Crippen LogP contribution in [0.1, 0.15) is 10.4 Å². The topological polar surface area (TPSA) is 127 Å². The Labute approximate surface area is 120 Å². The second kappa shape index (κ2) is 6.21. The number of carbonyl (C=O) groups is 2. The van der Waals surface area contributed by atoms with Gasteiger partial charge in [-0.1, -0.05) is 11.6 Å². The van der Waals surface area contributed by atoms with Crippen LogP contribution in [0.15, 0.2) is 23.1 Å². The molecule has 110 valence electrons. The summed E-state index contributed by atoms with van der Waals surface area (Å²) in [4.78, 5) is 22.2. The average Bonchev–Trinajstić information content (AvgIpc) is 2.34. The maximum absolute atomic E-state index is 11.7. The minimum atomic E-state index is -3.57. The lowest BCUT2D eigenvalue weighted by molar-refractivity contribution is -0.125. The van der Waals surface area contributed by atoms with Gasteiger partial charge in [0, 0.05) is 11.8 Å². The zero-order valence-corrected chi connectivity index (χ0v) is 12.0. The van der Waals surface area contributed by atoms with Crippen LogP contribution in [0.2, 0.25) is 5.02 Å². The number of benzene rings is 1. The Morgan fingerprint density at radius 2 is 2.05 bits per heavy atom. The second-order valence-electron chi connectivity index (χ2n) is 4.05. The number of rotatable bonds is 5. The van der Waals surface area contributed by atoms with E-state index in [4.69, 9.17) is 22.4 Å². The van der Waals surface area contributed by atoms with Gasteiger partial charge in [-0.05, 0) is 18.2 Å². The van der Waals surface area contributed by atoms with Crippen molar-refractivity contribution in [1.82, 2.24) is 5.32 Å². The molecule has 1 atom stereocenters. The first-order valence-corrected chi connectivity index (χ1v) is 7.65. The fourth-order valence-electron chi connectivity index (χ4n) is 1.32. The van der Waals surface area contributed by atoms with E-state index in [0.717, 1.165) is 12.3 Å². The number of carbonyl (C=O) groups excluding carboxylic acids is 2. The van der Waals surface area contributed by atoms with Crippen molar-refractivity contribution in [3.8, 4) is 0 Å². The first-order chi connectivity index (χ1) is 9.12. The Morgan fingerprint density at radius 3 is 2.55 bits per heavy atom. The highest BCUT2D eigenvalue weighted by Gasteiger charge is 2.17. The molecule has 0 aliphatic carbocycles. The molecule has 0 aliphatic rings. The molecule has 2 amide bonds. The van der Waals surface area contributed by atoms with Gasteiger partial charge in [0.15, 0.2) is 9.84 Å². The molecular weight excluding hydrogens is 308 g/mol. The van der Waals surface area contributed by atoms with Crippen molar-refractivity contribution < 1.29 is 23.1 Å². The number of hydrogen-bond acceptors (Lipinski definition) is 5. The van der Waals surface area contributed by atoms with Gasteiger partial charge in [-0.3, -0.25) is 9.59 Å². The molecule has 20 heavy (non-hydrogen) atoms. The van der Waals surface area contributed by atoms with Gasteiger partial charge in [0.05, 0.1) is 16.5 Å². The number of halogens is 1. The number of aliphatic hydroxyl groups is 1. The van der Waals surface area contributed by atoms with E-state index >= 15 is 0 Å². The molecule has 0 radical (unpaired) electrons. The van der Waals surface area contributed by atoms with Gasteiger partial charge in [-0.15, -0.1) is 0 Å². The lowest BCUT2D eigenvalue weighted by Gasteiger charge is -2.09. The van der Waals surface area contributed by atoms with E-state index in [9.17, 15) is 18.0 Å². The van der Waals surface area contributed by atoms with Gasteiger partial charge < -0.3 is 16.2 Å². The quantitative estimate of drug-likeness (QED) is 0.662. The third-order valence-electron chi connectivity index (χ3n) is 2.38. The Bertz CT molecular complexity index is 644. The first kappa shape index (κ1) is 16.4. The molecule has 0 saturated heterocycles. The monoisotopic (exact) mass is 320 g/mol. The Morgan fingerprint density at radius 1 is 1.45 bits per heavy atom. The van der Waals surface area contributed by atoms with Crippen LogP contribution in [-0.4, -0.2) is 44.2 Å². The van der Waals surface area contributed by atoms with Crippen molar-refractivity contribution >= 4 is 33.3 Å². The van der Waals surface area contributed by atoms with Gasteiger partial charge in [0.2, 0.25) is 5.91 Å². The predicted molar refractivity (Wildman–Crippen MR) is 72.1 cm³/mol. The first-order valence-electron chi connectivity index (χ1n) is 5.38. The molecule has 7 nitrogen and oxygen atoms in total. The molecule has 0 spiro atoms. The van der Waals surface area contributed by atoms with Crippen LogP contribution in [0.4, 0.5) is 0 Å². The predicted octanol–water partition coefficient (Wildman–Crippen LogP) is -0.680. The minimum Gasteiger partial charge on any atom is -0.381 e. The van der Waals surface area contributed by atoms with E-state index in [1.165, 1.54) is 12.1 Å². The van der Waals surface area contributed by atoms with Crippen LogP contribution in [0, 0.1) is 0 Å². The summed E-state index contributed by atoms with van der Waals surface area (Å²) in [7, 11) is -3.57. The van der Waals surface area contributed by atoms with E-state index in [-0.39, 0.29) is 22.0 Å². The van der Waals surface area contributed by atoms with Gasteiger partial charge in [0.1, 0.15) is 6.10 Å². The summed E-state index contributed by atoms with van der Waals surface area (Å²) >= 11 is 5.74. The minimum absolute atomic E-state index is 0.00113. The zero-order valence-electron chi connectivity index (χ0n) is 10.5. The molecule has 0 heterocycles. The smallest absolute Gasteiger partial charge is 0.251 e. The molecule has 1 aromatic rings.